The molecule has 0 radical (unpaired) electrons. The summed E-state index contributed by atoms with van der Waals surface area (Å²) in [5, 5.41) is 4.29. The van der Waals surface area contributed by atoms with E-state index in [1.54, 1.807) is 27.7 Å². The van der Waals surface area contributed by atoms with Crippen LogP contribution in [0.25, 0.3) is 10.9 Å². The molecule has 1 heterocycles. The molecule has 3 rings (SSSR count). The molecule has 6 heteroatoms. The molecule has 0 unspecified atom stereocenters. The first-order valence-electron chi connectivity index (χ1n) is 7.48. The van der Waals surface area contributed by atoms with Crippen molar-refractivity contribution in [2.45, 2.75) is 6.54 Å². The molecule has 24 heavy (non-hydrogen) atoms. The number of hydrogen-bond acceptors (Lipinski definition) is 6. The van der Waals surface area contributed by atoms with Gasteiger partial charge in [0.15, 0.2) is 11.5 Å². The van der Waals surface area contributed by atoms with Gasteiger partial charge in [-0.25, -0.2) is 9.97 Å². The zero-order valence-electron chi connectivity index (χ0n) is 13.9. The topological polar surface area (TPSA) is 65.5 Å². The largest absolute Gasteiger partial charge is 0.497 e. The lowest BCUT2D eigenvalue weighted by Gasteiger charge is -2.12. The van der Waals surface area contributed by atoms with Crippen LogP contribution in [-0.4, -0.2) is 31.3 Å². The molecule has 0 fully saturated rings. The van der Waals surface area contributed by atoms with Gasteiger partial charge in [0.2, 0.25) is 0 Å². The van der Waals surface area contributed by atoms with Gasteiger partial charge in [0.05, 0.1) is 26.8 Å². The SMILES string of the molecule is COc1ccc2c(NCc3ccc(OC)c(OC)c3)ncnc2c1. The first-order valence-corrected chi connectivity index (χ1v) is 7.48. The zero-order chi connectivity index (χ0) is 16.9. The van der Waals surface area contributed by atoms with E-state index in [1.165, 1.54) is 0 Å². The molecule has 0 aliphatic rings. The van der Waals surface area contributed by atoms with E-state index in [-0.39, 0.29) is 0 Å². The van der Waals surface area contributed by atoms with Gasteiger partial charge in [-0.2, -0.15) is 0 Å². The predicted molar refractivity (Wildman–Crippen MR) is 93.0 cm³/mol. The van der Waals surface area contributed by atoms with E-state index in [2.05, 4.69) is 15.3 Å². The number of fused-ring (bicyclic) bond motifs is 1. The molecule has 1 N–H and O–H groups in total. The van der Waals surface area contributed by atoms with Crippen LogP contribution in [0.4, 0.5) is 5.82 Å². The van der Waals surface area contributed by atoms with Crippen LogP contribution in [0.5, 0.6) is 17.2 Å². The molecule has 3 aromatic rings. The van der Waals surface area contributed by atoms with Gasteiger partial charge in [-0.3, -0.25) is 0 Å². The van der Waals surface area contributed by atoms with Crippen LogP contribution in [-0.2, 0) is 6.54 Å². The summed E-state index contributed by atoms with van der Waals surface area (Å²) in [5.41, 5.74) is 1.90. The minimum absolute atomic E-state index is 0.610. The summed E-state index contributed by atoms with van der Waals surface area (Å²) < 4.78 is 15.8. The molecular formula is C18H19N3O3. The van der Waals surface area contributed by atoms with Gasteiger partial charge >= 0.3 is 0 Å². The smallest absolute Gasteiger partial charge is 0.161 e. The Balaban J connectivity index is 1.83. The molecule has 0 aliphatic carbocycles. The zero-order valence-corrected chi connectivity index (χ0v) is 13.9. The van der Waals surface area contributed by atoms with Crippen molar-refractivity contribution in [2.75, 3.05) is 26.6 Å². The third-order valence-electron chi connectivity index (χ3n) is 3.75. The van der Waals surface area contributed by atoms with Crippen molar-refractivity contribution in [1.82, 2.24) is 9.97 Å². The van der Waals surface area contributed by atoms with Crippen molar-refractivity contribution < 1.29 is 14.2 Å². The number of rotatable bonds is 6. The monoisotopic (exact) mass is 325 g/mol. The Bertz CT molecular complexity index is 852. The number of nitrogens with zero attached hydrogens (tertiary/aromatic N) is 2. The van der Waals surface area contributed by atoms with E-state index >= 15 is 0 Å². The summed E-state index contributed by atoms with van der Waals surface area (Å²) in [6.07, 6.45) is 1.54. The summed E-state index contributed by atoms with van der Waals surface area (Å²) in [6.45, 7) is 0.610. The Morgan fingerprint density at radius 2 is 1.71 bits per heavy atom. The number of aromatic nitrogens is 2. The highest BCUT2D eigenvalue weighted by atomic mass is 16.5. The lowest BCUT2D eigenvalue weighted by molar-refractivity contribution is 0.354. The normalized spacial score (nSPS) is 10.5. The Kier molecular flexibility index (Phi) is 4.65. The Morgan fingerprint density at radius 1 is 0.875 bits per heavy atom. The third-order valence-corrected chi connectivity index (χ3v) is 3.75. The van der Waals surface area contributed by atoms with Crippen LogP contribution >= 0.6 is 0 Å². The minimum Gasteiger partial charge on any atom is -0.497 e. The molecular weight excluding hydrogens is 306 g/mol. The average molecular weight is 325 g/mol. The van der Waals surface area contributed by atoms with Crippen LogP contribution in [0.3, 0.4) is 0 Å². The molecule has 0 bridgehead atoms. The van der Waals surface area contributed by atoms with Crippen molar-refractivity contribution in [3.63, 3.8) is 0 Å². The second-order valence-corrected chi connectivity index (χ2v) is 5.15. The highest BCUT2D eigenvalue weighted by Gasteiger charge is 2.07. The highest BCUT2D eigenvalue weighted by molar-refractivity contribution is 5.89. The summed E-state index contributed by atoms with van der Waals surface area (Å²) in [5.74, 6) is 2.96. The Labute approximate surface area is 140 Å². The lowest BCUT2D eigenvalue weighted by atomic mass is 10.2. The van der Waals surface area contributed by atoms with Gasteiger partial charge in [0.1, 0.15) is 17.9 Å². The molecule has 1 aromatic heterocycles. The summed E-state index contributed by atoms with van der Waals surface area (Å²) in [7, 11) is 4.88. The summed E-state index contributed by atoms with van der Waals surface area (Å²) >= 11 is 0. The average Bonchev–Trinajstić information content (AvgIpc) is 2.65. The van der Waals surface area contributed by atoms with E-state index in [1.807, 2.05) is 36.4 Å². The van der Waals surface area contributed by atoms with Gasteiger partial charge in [-0.1, -0.05) is 6.07 Å². The molecule has 0 amide bonds. The molecule has 0 saturated carbocycles. The lowest BCUT2D eigenvalue weighted by Crippen LogP contribution is -2.03. The van der Waals surface area contributed by atoms with Gasteiger partial charge in [0, 0.05) is 18.0 Å². The van der Waals surface area contributed by atoms with Gasteiger partial charge in [0.25, 0.3) is 0 Å². The molecule has 0 aliphatic heterocycles. The Morgan fingerprint density at radius 3 is 2.46 bits per heavy atom. The number of hydrogen-bond donors (Lipinski definition) is 1. The fraction of sp³-hybridized carbons (Fsp3) is 0.222. The van der Waals surface area contributed by atoms with Crippen LogP contribution in [0.1, 0.15) is 5.56 Å². The maximum atomic E-state index is 5.33. The summed E-state index contributed by atoms with van der Waals surface area (Å²) in [4.78, 5) is 8.62. The van der Waals surface area contributed by atoms with E-state index in [4.69, 9.17) is 14.2 Å². The fourth-order valence-electron chi connectivity index (χ4n) is 2.48. The van der Waals surface area contributed by atoms with Crippen molar-refractivity contribution in [3.8, 4) is 17.2 Å². The second kappa shape index (κ2) is 7.04. The molecule has 0 saturated heterocycles. The minimum atomic E-state index is 0.610. The van der Waals surface area contributed by atoms with E-state index in [0.29, 0.717) is 18.0 Å². The predicted octanol–water partition coefficient (Wildman–Crippen LogP) is 3.27. The molecule has 2 aromatic carbocycles. The van der Waals surface area contributed by atoms with Crippen LogP contribution in [0.15, 0.2) is 42.7 Å². The van der Waals surface area contributed by atoms with Gasteiger partial charge in [-0.05, 0) is 29.8 Å². The van der Waals surface area contributed by atoms with Crippen molar-refractivity contribution in [3.05, 3.63) is 48.3 Å². The maximum absolute atomic E-state index is 5.33. The van der Waals surface area contributed by atoms with Crippen molar-refractivity contribution in [1.29, 1.82) is 0 Å². The summed E-state index contributed by atoms with van der Waals surface area (Å²) in [6, 6.07) is 11.6. The fourth-order valence-corrected chi connectivity index (χ4v) is 2.48. The molecule has 6 nitrogen and oxygen atoms in total. The standard InChI is InChI=1S/C18H19N3O3/c1-22-13-5-6-14-15(9-13)20-11-21-18(14)19-10-12-4-7-16(23-2)17(8-12)24-3/h4-9,11H,10H2,1-3H3,(H,19,20,21). The van der Waals surface area contributed by atoms with Gasteiger partial charge < -0.3 is 19.5 Å². The van der Waals surface area contributed by atoms with E-state index in [0.717, 1.165) is 28.0 Å². The maximum Gasteiger partial charge on any atom is 0.161 e. The first kappa shape index (κ1) is 15.9. The second-order valence-electron chi connectivity index (χ2n) is 5.15. The van der Waals surface area contributed by atoms with Crippen LogP contribution in [0, 0.1) is 0 Å². The van der Waals surface area contributed by atoms with E-state index < -0.39 is 0 Å². The van der Waals surface area contributed by atoms with Crippen LogP contribution in [0.2, 0.25) is 0 Å². The molecule has 124 valence electrons. The molecule has 0 atom stereocenters. The quantitative estimate of drug-likeness (QED) is 0.750. The van der Waals surface area contributed by atoms with Crippen molar-refractivity contribution >= 4 is 16.7 Å². The number of benzene rings is 2. The molecule has 0 spiro atoms. The van der Waals surface area contributed by atoms with Crippen LogP contribution < -0.4 is 19.5 Å². The first-order chi connectivity index (χ1) is 11.7. The highest BCUT2D eigenvalue weighted by Crippen LogP contribution is 2.28. The van der Waals surface area contributed by atoms with Gasteiger partial charge in [-0.15, -0.1) is 0 Å². The number of methoxy groups -OCH3 is 3. The van der Waals surface area contributed by atoms with E-state index in [9.17, 15) is 0 Å². The third kappa shape index (κ3) is 3.17. The van der Waals surface area contributed by atoms with Crippen molar-refractivity contribution in [2.24, 2.45) is 0 Å². The number of anilines is 1. The Hall–Kier alpha value is -3.02. The number of nitrogens with one attached hydrogen (secondary N) is 1. The number of ether oxygens (including phenoxy) is 3.